The van der Waals surface area contributed by atoms with Gasteiger partial charge in [0.2, 0.25) is 5.91 Å². The van der Waals surface area contributed by atoms with Crippen LogP contribution in [-0.4, -0.2) is 38.4 Å². The summed E-state index contributed by atoms with van der Waals surface area (Å²) in [4.78, 5) is 11.3. The fraction of sp³-hybridized carbons (Fsp3) is 0.889. The number of carbonyl (C=O) groups excluding carboxylic acids is 1. The van der Waals surface area contributed by atoms with E-state index < -0.39 is 21.5 Å². The molecule has 0 saturated heterocycles. The molecule has 0 rings (SSSR count). The highest BCUT2D eigenvalue weighted by Crippen LogP contribution is 2.00. The zero-order valence-electron chi connectivity index (χ0n) is 9.49. The number of hydrogen-bond donors (Lipinski definition) is 2. The molecule has 0 aliphatic rings. The average molecular weight is 236 g/mol. The van der Waals surface area contributed by atoms with E-state index in [0.717, 1.165) is 0 Å². The maximum absolute atomic E-state index is 11.4. The maximum Gasteiger partial charge on any atom is 0.235 e. The van der Waals surface area contributed by atoms with Crippen LogP contribution in [0, 0.1) is 5.92 Å². The van der Waals surface area contributed by atoms with E-state index in [4.69, 9.17) is 5.73 Å². The summed E-state index contributed by atoms with van der Waals surface area (Å²) < 4.78 is 22.9. The zero-order valence-corrected chi connectivity index (χ0v) is 10.3. The summed E-state index contributed by atoms with van der Waals surface area (Å²) >= 11 is 0. The van der Waals surface area contributed by atoms with Crippen molar-refractivity contribution in [3.63, 3.8) is 0 Å². The van der Waals surface area contributed by atoms with E-state index in [0.29, 0.717) is 6.54 Å². The molecule has 0 aliphatic carbocycles. The summed E-state index contributed by atoms with van der Waals surface area (Å²) in [6.07, 6.45) is 0. The molecule has 0 heterocycles. The highest BCUT2D eigenvalue weighted by Gasteiger charge is 2.18. The number of nitrogens with two attached hydrogens (primary N) is 1. The highest BCUT2D eigenvalue weighted by atomic mass is 32.2. The lowest BCUT2D eigenvalue weighted by Crippen LogP contribution is -2.41. The van der Waals surface area contributed by atoms with Crippen LogP contribution in [0.5, 0.6) is 0 Å². The van der Waals surface area contributed by atoms with E-state index in [1.807, 2.05) is 0 Å². The average Bonchev–Trinajstić information content (AvgIpc) is 1.99. The molecule has 0 unspecified atom stereocenters. The lowest BCUT2D eigenvalue weighted by atomic mass is 10.3. The molecule has 1 amide bonds. The molecule has 0 fully saturated rings. The van der Waals surface area contributed by atoms with Gasteiger partial charge in [-0.05, 0) is 12.8 Å². The van der Waals surface area contributed by atoms with E-state index >= 15 is 0 Å². The van der Waals surface area contributed by atoms with Gasteiger partial charge in [-0.1, -0.05) is 13.8 Å². The lowest BCUT2D eigenvalue weighted by molar-refractivity contribution is -0.119. The predicted molar refractivity (Wildman–Crippen MR) is 60.2 cm³/mol. The van der Waals surface area contributed by atoms with Crippen LogP contribution in [0.4, 0.5) is 0 Å². The minimum atomic E-state index is -3.29. The van der Waals surface area contributed by atoms with Crippen LogP contribution in [0.1, 0.15) is 20.8 Å². The van der Waals surface area contributed by atoms with E-state index in [-0.39, 0.29) is 17.7 Å². The zero-order chi connectivity index (χ0) is 12.1. The maximum atomic E-state index is 11.4. The third-order valence-corrected chi connectivity index (χ3v) is 3.58. The van der Waals surface area contributed by atoms with Crippen molar-refractivity contribution >= 4 is 15.7 Å². The Balaban J connectivity index is 4.17. The van der Waals surface area contributed by atoms with E-state index in [2.05, 4.69) is 5.32 Å². The molecule has 1 atom stereocenters. The Kier molecular flexibility index (Phi) is 5.82. The second-order valence-corrected chi connectivity index (χ2v) is 6.26. The summed E-state index contributed by atoms with van der Waals surface area (Å²) in [6, 6.07) is -0.188. The van der Waals surface area contributed by atoms with E-state index in [1.165, 1.54) is 0 Å². The Morgan fingerprint density at radius 3 is 2.27 bits per heavy atom. The summed E-state index contributed by atoms with van der Waals surface area (Å²) in [5.74, 6) is -0.851. The van der Waals surface area contributed by atoms with Crippen molar-refractivity contribution in [1.29, 1.82) is 0 Å². The predicted octanol–water partition coefficient (Wildman–Crippen LogP) is -0.479. The smallest absolute Gasteiger partial charge is 0.235 e. The monoisotopic (exact) mass is 236 g/mol. The molecule has 0 aliphatic heterocycles. The van der Waals surface area contributed by atoms with Gasteiger partial charge < -0.3 is 11.1 Å². The Morgan fingerprint density at radius 1 is 1.33 bits per heavy atom. The molecule has 6 heteroatoms. The third kappa shape index (κ3) is 7.33. The van der Waals surface area contributed by atoms with Crippen LogP contribution in [0.3, 0.4) is 0 Å². The fourth-order valence-corrected chi connectivity index (χ4v) is 2.76. The van der Waals surface area contributed by atoms with Gasteiger partial charge in [-0.3, -0.25) is 4.79 Å². The van der Waals surface area contributed by atoms with Gasteiger partial charge in [0, 0.05) is 12.6 Å². The van der Waals surface area contributed by atoms with Gasteiger partial charge in [0.1, 0.15) is 5.75 Å². The summed E-state index contributed by atoms with van der Waals surface area (Å²) in [5.41, 5.74) is 5.30. The summed E-state index contributed by atoms with van der Waals surface area (Å²) in [7, 11) is -3.29. The number of sulfone groups is 1. The molecule has 3 N–H and O–H groups in total. The molecule has 5 nitrogen and oxygen atoms in total. The SMILES string of the molecule is CC(C)CS(=O)(=O)CC(=O)N[C@@H](C)CN. The Labute approximate surface area is 91.3 Å². The van der Waals surface area contributed by atoms with Crippen molar-refractivity contribution in [3.05, 3.63) is 0 Å². The van der Waals surface area contributed by atoms with Crippen molar-refractivity contribution in [2.24, 2.45) is 11.7 Å². The minimum Gasteiger partial charge on any atom is -0.351 e. The van der Waals surface area contributed by atoms with Gasteiger partial charge in [0.15, 0.2) is 9.84 Å². The first-order valence-electron chi connectivity index (χ1n) is 4.96. The van der Waals surface area contributed by atoms with Gasteiger partial charge >= 0.3 is 0 Å². The lowest BCUT2D eigenvalue weighted by Gasteiger charge is -2.12. The highest BCUT2D eigenvalue weighted by molar-refractivity contribution is 7.92. The number of nitrogens with one attached hydrogen (secondary N) is 1. The topological polar surface area (TPSA) is 89.3 Å². The summed E-state index contributed by atoms with van der Waals surface area (Å²) in [5, 5.41) is 2.52. The fourth-order valence-electron chi connectivity index (χ4n) is 1.14. The molecule has 0 aromatic heterocycles. The van der Waals surface area contributed by atoms with E-state index in [1.54, 1.807) is 20.8 Å². The van der Waals surface area contributed by atoms with Crippen LogP contribution in [-0.2, 0) is 14.6 Å². The second kappa shape index (κ2) is 6.07. The number of rotatable bonds is 6. The Morgan fingerprint density at radius 2 is 1.87 bits per heavy atom. The van der Waals surface area contributed by atoms with Crippen molar-refractivity contribution in [2.45, 2.75) is 26.8 Å². The number of hydrogen-bond acceptors (Lipinski definition) is 4. The number of carbonyl (C=O) groups is 1. The van der Waals surface area contributed by atoms with Crippen LogP contribution in [0.25, 0.3) is 0 Å². The van der Waals surface area contributed by atoms with Crippen molar-refractivity contribution in [3.8, 4) is 0 Å². The van der Waals surface area contributed by atoms with Gasteiger partial charge in [-0.25, -0.2) is 8.42 Å². The first kappa shape index (κ1) is 14.4. The third-order valence-electron chi connectivity index (χ3n) is 1.70. The van der Waals surface area contributed by atoms with Crippen molar-refractivity contribution in [1.82, 2.24) is 5.32 Å². The summed E-state index contributed by atoms with van der Waals surface area (Å²) in [6.45, 7) is 5.64. The van der Waals surface area contributed by atoms with Crippen LogP contribution >= 0.6 is 0 Å². The van der Waals surface area contributed by atoms with Gasteiger partial charge in [0.25, 0.3) is 0 Å². The van der Waals surface area contributed by atoms with Crippen LogP contribution in [0.2, 0.25) is 0 Å². The van der Waals surface area contributed by atoms with Crippen LogP contribution in [0.15, 0.2) is 0 Å². The quantitative estimate of drug-likeness (QED) is 0.652. The molecule has 0 aromatic rings. The molecule has 0 saturated carbocycles. The molecule has 15 heavy (non-hydrogen) atoms. The normalized spacial score (nSPS) is 13.9. The molecule has 0 aromatic carbocycles. The Bertz CT molecular complexity index is 298. The molecular formula is C9H20N2O3S. The first-order chi connectivity index (χ1) is 6.76. The number of amides is 1. The van der Waals surface area contributed by atoms with Crippen molar-refractivity contribution in [2.75, 3.05) is 18.1 Å². The van der Waals surface area contributed by atoms with Gasteiger partial charge in [-0.2, -0.15) is 0 Å². The Hall–Kier alpha value is -0.620. The van der Waals surface area contributed by atoms with Gasteiger partial charge in [0.05, 0.1) is 5.75 Å². The molecular weight excluding hydrogens is 216 g/mol. The second-order valence-electron chi connectivity index (χ2n) is 4.15. The molecule has 0 spiro atoms. The molecule has 0 bridgehead atoms. The minimum absolute atomic E-state index is 0.0368. The van der Waals surface area contributed by atoms with Crippen molar-refractivity contribution < 1.29 is 13.2 Å². The first-order valence-corrected chi connectivity index (χ1v) is 6.79. The standard InChI is InChI=1S/C9H20N2O3S/c1-7(2)5-15(13,14)6-9(12)11-8(3)4-10/h7-8H,4-6,10H2,1-3H3,(H,11,12)/t8-/m0/s1. The van der Waals surface area contributed by atoms with E-state index in [9.17, 15) is 13.2 Å². The van der Waals surface area contributed by atoms with Gasteiger partial charge in [-0.15, -0.1) is 0 Å². The molecule has 0 radical (unpaired) electrons. The molecule has 90 valence electrons. The van der Waals surface area contributed by atoms with Crippen LogP contribution < -0.4 is 11.1 Å². The largest absolute Gasteiger partial charge is 0.351 e.